The van der Waals surface area contributed by atoms with Gasteiger partial charge in [0.05, 0.1) is 12.7 Å². The molecule has 0 aliphatic heterocycles. The van der Waals surface area contributed by atoms with Crippen LogP contribution in [0.3, 0.4) is 0 Å². The van der Waals surface area contributed by atoms with E-state index in [0.717, 1.165) is 25.9 Å². The highest BCUT2D eigenvalue weighted by Gasteiger charge is 2.05. The van der Waals surface area contributed by atoms with E-state index in [2.05, 4.69) is 19.2 Å². The van der Waals surface area contributed by atoms with Gasteiger partial charge in [-0.15, -0.1) is 0 Å². The predicted molar refractivity (Wildman–Crippen MR) is 77.6 cm³/mol. The van der Waals surface area contributed by atoms with Gasteiger partial charge in [0.1, 0.15) is 5.82 Å². The molecule has 0 bridgehead atoms. The van der Waals surface area contributed by atoms with Gasteiger partial charge in [0, 0.05) is 5.56 Å². The van der Waals surface area contributed by atoms with Crippen molar-refractivity contribution < 1.29 is 9.13 Å². The second-order valence-corrected chi connectivity index (χ2v) is 5.45. The summed E-state index contributed by atoms with van der Waals surface area (Å²) < 4.78 is 19.0. The molecule has 1 rings (SSSR count). The molecule has 0 amide bonds. The Labute approximate surface area is 116 Å². The third-order valence-corrected chi connectivity index (χ3v) is 3.00. The van der Waals surface area contributed by atoms with Crippen molar-refractivity contribution >= 4 is 0 Å². The number of hydrogen-bond acceptors (Lipinski definition) is 2. The predicted octanol–water partition coefficient (Wildman–Crippen LogP) is 3.76. The van der Waals surface area contributed by atoms with Gasteiger partial charge >= 0.3 is 0 Å². The molecular weight excluding hydrogens is 241 g/mol. The Morgan fingerprint density at radius 1 is 1.21 bits per heavy atom. The van der Waals surface area contributed by atoms with Crippen LogP contribution in [-0.4, -0.2) is 19.2 Å². The largest absolute Gasteiger partial charge is 0.374 e. The average Bonchev–Trinajstić information content (AvgIpc) is 2.37. The van der Waals surface area contributed by atoms with E-state index in [1.54, 1.807) is 12.1 Å². The van der Waals surface area contributed by atoms with Crippen LogP contribution in [0.5, 0.6) is 0 Å². The van der Waals surface area contributed by atoms with Crippen LogP contribution >= 0.6 is 0 Å². The van der Waals surface area contributed by atoms with Crippen LogP contribution in [0, 0.1) is 11.7 Å². The molecule has 0 fully saturated rings. The summed E-state index contributed by atoms with van der Waals surface area (Å²) in [5, 5.41) is 3.41. The van der Waals surface area contributed by atoms with E-state index >= 15 is 0 Å². The van der Waals surface area contributed by atoms with Crippen LogP contribution in [0.4, 0.5) is 4.39 Å². The van der Waals surface area contributed by atoms with Gasteiger partial charge < -0.3 is 10.1 Å². The van der Waals surface area contributed by atoms with E-state index in [1.165, 1.54) is 6.07 Å². The lowest BCUT2D eigenvalue weighted by atomic mass is 10.2. The second kappa shape index (κ2) is 9.05. The highest BCUT2D eigenvalue weighted by Crippen LogP contribution is 2.10. The van der Waals surface area contributed by atoms with Crippen LogP contribution in [0.1, 0.15) is 39.2 Å². The molecule has 0 heterocycles. The van der Waals surface area contributed by atoms with Crippen molar-refractivity contribution in [2.45, 2.75) is 46.3 Å². The van der Waals surface area contributed by atoms with Gasteiger partial charge in [0.25, 0.3) is 0 Å². The van der Waals surface area contributed by atoms with Crippen molar-refractivity contribution in [2.24, 2.45) is 5.92 Å². The molecule has 0 saturated heterocycles. The van der Waals surface area contributed by atoms with Crippen molar-refractivity contribution in [2.75, 3.05) is 13.1 Å². The first-order valence-electron chi connectivity index (χ1n) is 7.15. The summed E-state index contributed by atoms with van der Waals surface area (Å²) in [6, 6.07) is 6.77. The lowest BCUT2D eigenvalue weighted by Crippen LogP contribution is -2.22. The van der Waals surface area contributed by atoms with Crippen molar-refractivity contribution in [1.82, 2.24) is 5.32 Å². The lowest BCUT2D eigenvalue weighted by molar-refractivity contribution is 0.0448. The van der Waals surface area contributed by atoms with Gasteiger partial charge in [0.15, 0.2) is 0 Å². The molecule has 0 aliphatic rings. The van der Waals surface area contributed by atoms with Gasteiger partial charge in [0.2, 0.25) is 0 Å². The minimum Gasteiger partial charge on any atom is -0.374 e. The van der Waals surface area contributed by atoms with Crippen molar-refractivity contribution in [1.29, 1.82) is 0 Å². The monoisotopic (exact) mass is 267 g/mol. The molecule has 0 saturated carbocycles. The molecule has 108 valence electrons. The molecule has 1 atom stereocenters. The fourth-order valence-electron chi connectivity index (χ4n) is 1.84. The Bertz CT molecular complexity index is 354. The molecule has 1 aromatic carbocycles. The van der Waals surface area contributed by atoms with Crippen LogP contribution < -0.4 is 5.32 Å². The number of nitrogens with one attached hydrogen (secondary N) is 1. The SMILES string of the molecule is CC(C)CNCCCC(C)OCc1ccccc1F. The normalized spacial score (nSPS) is 12.9. The molecule has 2 nitrogen and oxygen atoms in total. The molecule has 19 heavy (non-hydrogen) atoms. The maximum Gasteiger partial charge on any atom is 0.128 e. The molecule has 3 heteroatoms. The quantitative estimate of drug-likeness (QED) is 0.688. The first kappa shape index (κ1) is 16.1. The highest BCUT2D eigenvalue weighted by molar-refractivity contribution is 5.16. The zero-order chi connectivity index (χ0) is 14.1. The maximum atomic E-state index is 13.4. The molecule has 1 aromatic rings. The summed E-state index contributed by atoms with van der Waals surface area (Å²) in [4.78, 5) is 0. The first-order valence-corrected chi connectivity index (χ1v) is 7.15. The minimum absolute atomic E-state index is 0.167. The van der Waals surface area contributed by atoms with E-state index in [9.17, 15) is 4.39 Å². The smallest absolute Gasteiger partial charge is 0.128 e. The molecule has 0 aliphatic carbocycles. The van der Waals surface area contributed by atoms with Crippen LogP contribution in [0.15, 0.2) is 24.3 Å². The molecule has 0 radical (unpaired) electrons. The highest BCUT2D eigenvalue weighted by atomic mass is 19.1. The summed E-state index contributed by atoms with van der Waals surface area (Å²) in [7, 11) is 0. The fraction of sp³-hybridized carbons (Fsp3) is 0.625. The first-order chi connectivity index (χ1) is 9.09. The topological polar surface area (TPSA) is 21.3 Å². The van der Waals surface area contributed by atoms with E-state index in [1.807, 2.05) is 13.0 Å². The number of rotatable bonds is 9. The van der Waals surface area contributed by atoms with Crippen LogP contribution in [-0.2, 0) is 11.3 Å². The van der Waals surface area contributed by atoms with Gasteiger partial charge in [-0.2, -0.15) is 0 Å². The van der Waals surface area contributed by atoms with E-state index in [4.69, 9.17) is 4.74 Å². The Morgan fingerprint density at radius 3 is 2.63 bits per heavy atom. The average molecular weight is 267 g/mol. The number of ether oxygens (including phenoxy) is 1. The lowest BCUT2D eigenvalue weighted by Gasteiger charge is -2.14. The zero-order valence-corrected chi connectivity index (χ0v) is 12.3. The number of benzene rings is 1. The molecule has 1 N–H and O–H groups in total. The van der Waals surface area contributed by atoms with E-state index in [-0.39, 0.29) is 11.9 Å². The molecule has 1 unspecified atom stereocenters. The van der Waals surface area contributed by atoms with Gasteiger partial charge in [-0.1, -0.05) is 32.0 Å². The Kier molecular flexibility index (Phi) is 7.68. The molecule has 0 spiro atoms. The minimum atomic E-state index is -0.187. The van der Waals surface area contributed by atoms with Gasteiger partial charge in [-0.3, -0.25) is 0 Å². The van der Waals surface area contributed by atoms with E-state index < -0.39 is 0 Å². The van der Waals surface area contributed by atoms with Crippen molar-refractivity contribution in [3.8, 4) is 0 Å². The van der Waals surface area contributed by atoms with Gasteiger partial charge in [-0.05, 0) is 44.8 Å². The summed E-state index contributed by atoms with van der Waals surface area (Å²) in [6.45, 7) is 8.88. The third-order valence-electron chi connectivity index (χ3n) is 3.00. The Hall–Kier alpha value is -0.930. The number of halogens is 1. The molecular formula is C16H26FNO. The standard InChI is InChI=1S/C16H26FNO/c1-13(2)11-18-10-6-7-14(3)19-12-15-8-4-5-9-16(15)17/h4-5,8-9,13-14,18H,6-7,10-12H2,1-3H3. The number of hydrogen-bond donors (Lipinski definition) is 1. The summed E-state index contributed by atoms with van der Waals surface area (Å²) in [5.41, 5.74) is 0.632. The fourth-order valence-corrected chi connectivity index (χ4v) is 1.84. The van der Waals surface area contributed by atoms with Crippen molar-refractivity contribution in [3.05, 3.63) is 35.6 Å². The Balaban J connectivity index is 2.11. The molecule has 0 aromatic heterocycles. The third kappa shape index (κ3) is 7.28. The van der Waals surface area contributed by atoms with Gasteiger partial charge in [-0.25, -0.2) is 4.39 Å². The summed E-state index contributed by atoms with van der Waals surface area (Å²) in [6.07, 6.45) is 2.26. The summed E-state index contributed by atoms with van der Waals surface area (Å²) in [5.74, 6) is 0.503. The van der Waals surface area contributed by atoms with Crippen molar-refractivity contribution in [3.63, 3.8) is 0 Å². The van der Waals surface area contributed by atoms with E-state index in [0.29, 0.717) is 18.1 Å². The second-order valence-electron chi connectivity index (χ2n) is 5.45. The zero-order valence-electron chi connectivity index (χ0n) is 12.3. The summed E-state index contributed by atoms with van der Waals surface area (Å²) >= 11 is 0. The Morgan fingerprint density at radius 2 is 1.95 bits per heavy atom. The van der Waals surface area contributed by atoms with Crippen LogP contribution in [0.25, 0.3) is 0 Å². The maximum absolute atomic E-state index is 13.4. The van der Waals surface area contributed by atoms with Crippen LogP contribution in [0.2, 0.25) is 0 Å².